The van der Waals surface area contributed by atoms with Crippen LogP contribution in [-0.4, -0.2) is 20.3 Å². The lowest BCUT2D eigenvalue weighted by molar-refractivity contribution is -0.996. The van der Waals surface area contributed by atoms with Crippen molar-refractivity contribution in [2.75, 3.05) is 14.1 Å². The summed E-state index contributed by atoms with van der Waals surface area (Å²) < 4.78 is 0. The summed E-state index contributed by atoms with van der Waals surface area (Å²) in [6.07, 6.45) is 2.30. The third kappa shape index (κ3) is 1.97. The van der Waals surface area contributed by atoms with Gasteiger partial charge in [0, 0.05) is 6.92 Å². The van der Waals surface area contributed by atoms with Gasteiger partial charge in [0.25, 0.3) is 6.17 Å². The van der Waals surface area contributed by atoms with Gasteiger partial charge in [0.1, 0.15) is 17.3 Å². The fourth-order valence-electron chi connectivity index (χ4n) is 1.67. The molecule has 3 heteroatoms. The fraction of sp³-hybridized carbons (Fsp3) is 0.500. The highest BCUT2D eigenvalue weighted by Gasteiger charge is 2.29. The van der Waals surface area contributed by atoms with Crippen LogP contribution < -0.4 is 10.2 Å². The second-order valence-electron chi connectivity index (χ2n) is 3.82. The van der Waals surface area contributed by atoms with Crippen molar-refractivity contribution in [2.45, 2.75) is 20.0 Å². The van der Waals surface area contributed by atoms with E-state index in [1.807, 2.05) is 6.92 Å². The molecule has 1 aliphatic rings. The SMILES string of the molecule is CC1=CC(C)=C(C#N)[C@@H]([NH+](C)C)[NH2+]1. The van der Waals surface area contributed by atoms with Crippen LogP contribution in [0.5, 0.6) is 0 Å². The minimum atomic E-state index is 0.231. The number of nitrogens with one attached hydrogen (secondary N) is 1. The lowest BCUT2D eigenvalue weighted by Crippen LogP contribution is -3.23. The fourth-order valence-corrected chi connectivity index (χ4v) is 1.67. The normalized spacial score (nSPS) is 23.1. The van der Waals surface area contributed by atoms with E-state index in [2.05, 4.69) is 38.5 Å². The number of quaternary nitrogens is 2. The molecule has 0 saturated heterocycles. The Morgan fingerprint density at radius 2 is 2.08 bits per heavy atom. The molecule has 3 nitrogen and oxygen atoms in total. The van der Waals surface area contributed by atoms with Crippen LogP contribution in [0, 0.1) is 11.3 Å². The van der Waals surface area contributed by atoms with E-state index < -0.39 is 0 Å². The molecule has 0 aromatic rings. The zero-order valence-electron chi connectivity index (χ0n) is 8.68. The van der Waals surface area contributed by atoms with Crippen LogP contribution in [0.3, 0.4) is 0 Å². The van der Waals surface area contributed by atoms with E-state index in [1.165, 1.54) is 10.6 Å². The number of rotatable bonds is 1. The second-order valence-corrected chi connectivity index (χ2v) is 3.82. The Kier molecular flexibility index (Phi) is 2.86. The number of nitrogens with two attached hydrogens (primary N) is 1. The average Bonchev–Trinajstić information content (AvgIpc) is 2.02. The van der Waals surface area contributed by atoms with Gasteiger partial charge in [-0.25, -0.2) is 0 Å². The van der Waals surface area contributed by atoms with Gasteiger partial charge in [-0.1, -0.05) is 0 Å². The third-order valence-electron chi connectivity index (χ3n) is 2.35. The van der Waals surface area contributed by atoms with Gasteiger partial charge in [-0.3, -0.25) is 10.2 Å². The molecule has 1 aliphatic heterocycles. The molecular weight excluding hydrogens is 162 g/mol. The summed E-state index contributed by atoms with van der Waals surface area (Å²) in [5, 5.41) is 11.2. The summed E-state index contributed by atoms with van der Waals surface area (Å²) in [6, 6.07) is 2.29. The van der Waals surface area contributed by atoms with E-state index >= 15 is 0 Å². The molecular formula is C10H17N3+2. The molecule has 0 amide bonds. The molecule has 0 aromatic carbocycles. The Morgan fingerprint density at radius 1 is 1.46 bits per heavy atom. The van der Waals surface area contributed by atoms with Crippen molar-refractivity contribution < 1.29 is 10.2 Å². The Hall–Kier alpha value is -1.11. The number of nitrogens with zero attached hydrogens (tertiary/aromatic N) is 1. The van der Waals surface area contributed by atoms with Crippen molar-refractivity contribution in [1.82, 2.24) is 0 Å². The smallest absolute Gasteiger partial charge is 0.252 e. The Bertz CT molecular complexity index is 305. The van der Waals surface area contributed by atoms with Crippen LogP contribution >= 0.6 is 0 Å². The first-order valence-electron chi connectivity index (χ1n) is 4.50. The molecule has 0 aliphatic carbocycles. The Morgan fingerprint density at radius 3 is 2.54 bits per heavy atom. The Labute approximate surface area is 79.3 Å². The summed E-state index contributed by atoms with van der Waals surface area (Å²) in [4.78, 5) is 1.28. The maximum absolute atomic E-state index is 9.00. The van der Waals surface area contributed by atoms with Crippen LogP contribution in [0.2, 0.25) is 0 Å². The van der Waals surface area contributed by atoms with E-state index in [1.54, 1.807) is 0 Å². The second kappa shape index (κ2) is 3.73. The maximum atomic E-state index is 9.00. The van der Waals surface area contributed by atoms with Gasteiger partial charge >= 0.3 is 0 Å². The van der Waals surface area contributed by atoms with E-state index in [-0.39, 0.29) is 6.17 Å². The molecule has 0 saturated carbocycles. The summed E-state index contributed by atoms with van der Waals surface area (Å²) in [5.74, 6) is 0. The Balaban J connectivity index is 3.05. The average molecular weight is 179 g/mol. The van der Waals surface area contributed by atoms with E-state index in [4.69, 9.17) is 5.26 Å². The molecule has 70 valence electrons. The molecule has 0 spiro atoms. The largest absolute Gasteiger partial charge is 0.286 e. The first-order valence-corrected chi connectivity index (χ1v) is 4.50. The summed E-state index contributed by atoms with van der Waals surface area (Å²) in [5.41, 5.74) is 3.25. The number of nitriles is 1. The van der Waals surface area contributed by atoms with Gasteiger partial charge in [-0.05, 0) is 18.6 Å². The van der Waals surface area contributed by atoms with Gasteiger partial charge in [0.2, 0.25) is 0 Å². The van der Waals surface area contributed by atoms with Gasteiger partial charge in [-0.15, -0.1) is 0 Å². The summed E-state index contributed by atoms with van der Waals surface area (Å²) in [6.45, 7) is 4.08. The molecule has 1 heterocycles. The summed E-state index contributed by atoms with van der Waals surface area (Å²) in [7, 11) is 4.15. The predicted molar refractivity (Wildman–Crippen MR) is 50.6 cm³/mol. The number of likely N-dealkylation sites (N-methyl/N-ethyl adjacent to an activating group) is 1. The molecule has 13 heavy (non-hydrogen) atoms. The first-order chi connectivity index (χ1) is 6.06. The van der Waals surface area contributed by atoms with Crippen molar-refractivity contribution in [3.8, 4) is 6.07 Å². The summed E-state index contributed by atoms with van der Waals surface area (Å²) >= 11 is 0. The molecule has 3 N–H and O–H groups in total. The molecule has 1 atom stereocenters. The van der Waals surface area contributed by atoms with Crippen LogP contribution in [0.15, 0.2) is 22.9 Å². The molecule has 0 radical (unpaired) electrons. The van der Waals surface area contributed by atoms with Gasteiger partial charge in [0.05, 0.1) is 14.1 Å². The van der Waals surface area contributed by atoms with Crippen molar-refractivity contribution in [3.63, 3.8) is 0 Å². The first kappa shape index (κ1) is 9.97. The quantitative estimate of drug-likeness (QED) is 0.520. The van der Waals surface area contributed by atoms with E-state index in [0.717, 1.165) is 11.1 Å². The van der Waals surface area contributed by atoms with Gasteiger partial charge in [0.15, 0.2) is 0 Å². The van der Waals surface area contributed by atoms with Crippen molar-refractivity contribution in [3.05, 3.63) is 22.9 Å². The number of allylic oxidation sites excluding steroid dienone is 3. The minimum absolute atomic E-state index is 0.231. The molecule has 1 rings (SSSR count). The lowest BCUT2D eigenvalue weighted by atomic mass is 10.0. The third-order valence-corrected chi connectivity index (χ3v) is 2.35. The molecule has 0 aromatic heterocycles. The highest BCUT2D eigenvalue weighted by atomic mass is 15.2. The number of hydrogen-bond donors (Lipinski definition) is 2. The lowest BCUT2D eigenvalue weighted by Gasteiger charge is -2.22. The van der Waals surface area contributed by atoms with Gasteiger partial charge in [-0.2, -0.15) is 5.26 Å². The van der Waals surface area contributed by atoms with Gasteiger partial charge < -0.3 is 0 Å². The highest BCUT2D eigenvalue weighted by molar-refractivity contribution is 5.37. The number of hydrogen-bond acceptors (Lipinski definition) is 1. The zero-order chi connectivity index (χ0) is 10.0. The predicted octanol–water partition coefficient (Wildman–Crippen LogP) is -1.22. The van der Waals surface area contributed by atoms with Crippen LogP contribution in [0.25, 0.3) is 0 Å². The molecule has 0 fully saturated rings. The van der Waals surface area contributed by atoms with Crippen LogP contribution in [0.1, 0.15) is 13.8 Å². The van der Waals surface area contributed by atoms with Crippen LogP contribution in [0.4, 0.5) is 0 Å². The van der Waals surface area contributed by atoms with Crippen molar-refractivity contribution >= 4 is 0 Å². The standard InChI is InChI=1S/C10H15N3/c1-7-5-8(2)12-10(13(3)4)9(7)6-11/h5,10,12H,1-4H3/p+2/t10-/m1/s1. The molecule has 0 bridgehead atoms. The van der Waals surface area contributed by atoms with Crippen molar-refractivity contribution in [2.24, 2.45) is 0 Å². The van der Waals surface area contributed by atoms with E-state index in [0.29, 0.717) is 0 Å². The monoisotopic (exact) mass is 179 g/mol. The topological polar surface area (TPSA) is 44.8 Å². The minimum Gasteiger partial charge on any atom is -0.286 e. The van der Waals surface area contributed by atoms with Crippen LogP contribution in [-0.2, 0) is 0 Å². The zero-order valence-corrected chi connectivity index (χ0v) is 8.68. The highest BCUT2D eigenvalue weighted by Crippen LogP contribution is 2.09. The van der Waals surface area contributed by atoms with Crippen molar-refractivity contribution in [1.29, 1.82) is 5.26 Å². The molecule has 0 unspecified atom stereocenters. The van der Waals surface area contributed by atoms with E-state index in [9.17, 15) is 0 Å². The maximum Gasteiger partial charge on any atom is 0.252 e.